The van der Waals surface area contributed by atoms with Gasteiger partial charge in [-0.3, -0.25) is 15.0 Å². The summed E-state index contributed by atoms with van der Waals surface area (Å²) in [5.74, 6) is 0.684. The molecule has 0 fully saturated rings. The summed E-state index contributed by atoms with van der Waals surface area (Å²) in [4.78, 5) is 16.4. The molecule has 0 saturated heterocycles. The van der Waals surface area contributed by atoms with Gasteiger partial charge in [0.1, 0.15) is 0 Å². The Balaban J connectivity index is 2.11. The van der Waals surface area contributed by atoms with Crippen LogP contribution in [0.25, 0.3) is 11.4 Å². The van der Waals surface area contributed by atoms with Gasteiger partial charge in [-0.25, -0.2) is 0 Å². The highest BCUT2D eigenvalue weighted by Crippen LogP contribution is 2.21. The van der Waals surface area contributed by atoms with Crippen LogP contribution in [0.1, 0.15) is 19.7 Å². The summed E-state index contributed by atoms with van der Waals surface area (Å²) in [7, 11) is 1.83. The van der Waals surface area contributed by atoms with Gasteiger partial charge in [-0.05, 0) is 20.9 Å². The lowest BCUT2D eigenvalue weighted by Crippen LogP contribution is -2.35. The van der Waals surface area contributed by atoms with Crippen molar-refractivity contribution in [1.82, 2.24) is 15.0 Å². The Morgan fingerprint density at radius 3 is 2.82 bits per heavy atom. The third-order valence-electron chi connectivity index (χ3n) is 2.85. The van der Waals surface area contributed by atoms with Crippen molar-refractivity contribution in [1.29, 1.82) is 0 Å². The summed E-state index contributed by atoms with van der Waals surface area (Å²) < 4.78 is 5.15. The van der Waals surface area contributed by atoms with Crippen molar-refractivity contribution in [3.8, 4) is 11.4 Å². The molecule has 1 aromatic heterocycles. The lowest BCUT2D eigenvalue weighted by Gasteiger charge is -2.23. The molecule has 0 amide bonds. The van der Waals surface area contributed by atoms with Gasteiger partial charge in [0.25, 0.3) is 5.69 Å². The fourth-order valence-corrected chi connectivity index (χ4v) is 2.14. The zero-order valence-corrected chi connectivity index (χ0v) is 12.7. The Bertz CT molecular complexity index is 663. The van der Waals surface area contributed by atoms with Crippen LogP contribution in [-0.2, 0) is 6.54 Å². The highest BCUT2D eigenvalue weighted by molar-refractivity contribution is 5.58. The lowest BCUT2D eigenvalue weighted by atomic mass is 10.1. The summed E-state index contributed by atoms with van der Waals surface area (Å²) in [6, 6.07) is 6.06. The Kier molecular flexibility index (Phi) is 4.53. The van der Waals surface area contributed by atoms with Gasteiger partial charge in [0.15, 0.2) is 0 Å². The van der Waals surface area contributed by atoms with Crippen LogP contribution in [0.4, 0.5) is 5.69 Å². The fourth-order valence-electron chi connectivity index (χ4n) is 2.14. The van der Waals surface area contributed by atoms with E-state index in [-0.39, 0.29) is 5.69 Å². The zero-order valence-electron chi connectivity index (χ0n) is 12.7. The lowest BCUT2D eigenvalue weighted by molar-refractivity contribution is -0.384. The molecule has 1 aromatic carbocycles. The molecule has 2 rings (SSSR count). The highest BCUT2D eigenvalue weighted by Gasteiger charge is 2.18. The summed E-state index contributed by atoms with van der Waals surface area (Å²) >= 11 is 0. The van der Waals surface area contributed by atoms with Gasteiger partial charge in [-0.15, -0.1) is 0 Å². The molecule has 2 aromatic rings. The summed E-state index contributed by atoms with van der Waals surface area (Å²) in [5, 5.41) is 24.4. The van der Waals surface area contributed by atoms with Crippen molar-refractivity contribution in [3.63, 3.8) is 0 Å². The topological polar surface area (TPSA) is 106 Å². The molecule has 0 saturated carbocycles. The van der Waals surface area contributed by atoms with E-state index in [2.05, 4.69) is 10.1 Å². The predicted molar refractivity (Wildman–Crippen MR) is 79.0 cm³/mol. The molecule has 22 heavy (non-hydrogen) atoms. The van der Waals surface area contributed by atoms with Gasteiger partial charge in [-0.2, -0.15) is 4.98 Å². The SMILES string of the molecule is CN(Cc1nc(-c2cccc([N+](=O)[O-])c2)no1)CC(C)(C)O. The quantitative estimate of drug-likeness (QED) is 0.641. The summed E-state index contributed by atoms with van der Waals surface area (Å²) in [5.41, 5.74) is -0.324. The Labute approximate surface area is 127 Å². The number of non-ortho nitro benzene ring substituents is 1. The second-order valence-electron chi connectivity index (χ2n) is 5.80. The molecule has 0 unspecified atom stereocenters. The van der Waals surface area contributed by atoms with Crippen molar-refractivity contribution in [2.24, 2.45) is 0 Å². The smallest absolute Gasteiger partial charge is 0.270 e. The van der Waals surface area contributed by atoms with Crippen molar-refractivity contribution < 1.29 is 14.6 Å². The van der Waals surface area contributed by atoms with Crippen LogP contribution in [0.15, 0.2) is 28.8 Å². The maximum absolute atomic E-state index is 10.8. The van der Waals surface area contributed by atoms with E-state index in [1.165, 1.54) is 12.1 Å². The number of likely N-dealkylation sites (N-methyl/N-ethyl adjacent to an activating group) is 1. The number of rotatable bonds is 6. The van der Waals surface area contributed by atoms with E-state index in [0.717, 1.165) is 0 Å². The highest BCUT2D eigenvalue weighted by atomic mass is 16.6. The molecule has 0 aliphatic heterocycles. The molecule has 8 nitrogen and oxygen atoms in total. The molecule has 118 valence electrons. The largest absolute Gasteiger partial charge is 0.389 e. The third kappa shape index (κ3) is 4.34. The third-order valence-corrected chi connectivity index (χ3v) is 2.85. The summed E-state index contributed by atoms with van der Waals surface area (Å²) in [6.07, 6.45) is 0. The van der Waals surface area contributed by atoms with Gasteiger partial charge in [0.05, 0.1) is 17.1 Å². The average molecular weight is 306 g/mol. The number of nitro benzene ring substituents is 1. The molecule has 0 spiro atoms. The first-order chi connectivity index (χ1) is 10.2. The minimum absolute atomic E-state index is 0.0250. The maximum Gasteiger partial charge on any atom is 0.270 e. The van der Waals surface area contributed by atoms with E-state index >= 15 is 0 Å². The van der Waals surface area contributed by atoms with E-state index in [1.807, 2.05) is 11.9 Å². The molecule has 0 aliphatic rings. The van der Waals surface area contributed by atoms with Gasteiger partial charge >= 0.3 is 0 Å². The van der Waals surface area contributed by atoms with E-state index in [9.17, 15) is 15.2 Å². The Hall–Kier alpha value is -2.32. The molecule has 0 atom stereocenters. The first-order valence-corrected chi connectivity index (χ1v) is 6.73. The number of benzene rings is 1. The van der Waals surface area contributed by atoms with Gasteiger partial charge < -0.3 is 9.63 Å². The monoisotopic (exact) mass is 306 g/mol. The van der Waals surface area contributed by atoms with Crippen molar-refractivity contribution in [2.45, 2.75) is 26.0 Å². The first-order valence-electron chi connectivity index (χ1n) is 6.73. The van der Waals surface area contributed by atoms with Crippen molar-refractivity contribution >= 4 is 5.69 Å². The number of nitro groups is 1. The standard InChI is InChI=1S/C14H18N4O4/c1-14(2,19)9-17(3)8-12-15-13(16-22-12)10-5-4-6-11(7-10)18(20)21/h4-7,19H,8-9H2,1-3H3. The predicted octanol–water partition coefficient (Wildman–Crippen LogP) is 1.85. The van der Waals surface area contributed by atoms with Crippen LogP contribution in [0, 0.1) is 10.1 Å². The second kappa shape index (κ2) is 6.20. The number of nitrogens with zero attached hydrogens (tertiary/aromatic N) is 4. The summed E-state index contributed by atoms with van der Waals surface area (Å²) in [6.45, 7) is 4.26. The van der Waals surface area contributed by atoms with Crippen LogP contribution >= 0.6 is 0 Å². The van der Waals surface area contributed by atoms with Crippen LogP contribution in [0.2, 0.25) is 0 Å². The molecule has 0 radical (unpaired) electrons. The zero-order chi connectivity index (χ0) is 16.3. The van der Waals surface area contributed by atoms with Gasteiger partial charge in [0, 0.05) is 24.2 Å². The second-order valence-corrected chi connectivity index (χ2v) is 5.80. The molecule has 0 bridgehead atoms. The van der Waals surface area contributed by atoms with Gasteiger partial charge in [-0.1, -0.05) is 17.3 Å². The Morgan fingerprint density at radius 2 is 2.18 bits per heavy atom. The minimum Gasteiger partial charge on any atom is -0.389 e. The number of aliphatic hydroxyl groups is 1. The number of hydrogen-bond donors (Lipinski definition) is 1. The molecule has 1 N–H and O–H groups in total. The molecule has 0 aliphatic carbocycles. The van der Waals surface area contributed by atoms with Crippen LogP contribution < -0.4 is 0 Å². The average Bonchev–Trinajstić information content (AvgIpc) is 2.85. The molecular formula is C14H18N4O4. The molecule has 1 heterocycles. The van der Waals surface area contributed by atoms with E-state index < -0.39 is 10.5 Å². The van der Waals surface area contributed by atoms with E-state index in [4.69, 9.17) is 4.52 Å². The fraction of sp³-hybridized carbons (Fsp3) is 0.429. The van der Waals surface area contributed by atoms with Crippen molar-refractivity contribution in [2.75, 3.05) is 13.6 Å². The van der Waals surface area contributed by atoms with E-state index in [0.29, 0.717) is 30.4 Å². The van der Waals surface area contributed by atoms with Gasteiger partial charge in [0.2, 0.25) is 11.7 Å². The number of aromatic nitrogens is 2. The number of hydrogen-bond acceptors (Lipinski definition) is 7. The van der Waals surface area contributed by atoms with Crippen molar-refractivity contribution in [3.05, 3.63) is 40.3 Å². The van der Waals surface area contributed by atoms with Crippen LogP contribution in [0.5, 0.6) is 0 Å². The molecular weight excluding hydrogens is 288 g/mol. The van der Waals surface area contributed by atoms with Crippen LogP contribution in [-0.4, -0.2) is 44.3 Å². The first kappa shape index (κ1) is 16.1. The Morgan fingerprint density at radius 1 is 1.45 bits per heavy atom. The minimum atomic E-state index is -0.822. The normalized spacial score (nSPS) is 11.9. The molecule has 8 heteroatoms. The van der Waals surface area contributed by atoms with Crippen LogP contribution in [0.3, 0.4) is 0 Å². The van der Waals surface area contributed by atoms with E-state index in [1.54, 1.807) is 26.0 Å². The maximum atomic E-state index is 10.8.